The summed E-state index contributed by atoms with van der Waals surface area (Å²) < 4.78 is 27.0. The van der Waals surface area contributed by atoms with Gasteiger partial charge in [-0.1, -0.05) is 6.07 Å². The molecule has 0 aliphatic carbocycles. The van der Waals surface area contributed by atoms with E-state index in [0.717, 1.165) is 0 Å². The van der Waals surface area contributed by atoms with Crippen LogP contribution in [-0.2, 0) is 0 Å². The lowest BCUT2D eigenvalue weighted by Crippen LogP contribution is -2.45. The predicted octanol–water partition coefficient (Wildman–Crippen LogP) is 2.90. The molecule has 18 heavy (non-hydrogen) atoms. The Morgan fingerprint density at radius 1 is 1.44 bits per heavy atom. The van der Waals surface area contributed by atoms with Crippen LogP contribution >= 0.6 is 15.9 Å². The van der Waals surface area contributed by atoms with Crippen molar-refractivity contribution in [1.82, 2.24) is 4.90 Å². The number of piperidine rings is 1. The van der Waals surface area contributed by atoms with Crippen LogP contribution in [0.15, 0.2) is 22.7 Å². The van der Waals surface area contributed by atoms with Gasteiger partial charge in [0.15, 0.2) is 0 Å². The number of nitrogens with zero attached hydrogens (tertiary/aromatic N) is 1. The number of anilines is 1. The van der Waals surface area contributed by atoms with Crippen LogP contribution in [0.1, 0.15) is 23.2 Å². The SMILES string of the molecule is Nc1cccc(C(=O)N2CCCC(F)(F)C2)c1Br. The monoisotopic (exact) mass is 318 g/mol. The van der Waals surface area contributed by atoms with Crippen LogP contribution in [0.5, 0.6) is 0 Å². The molecule has 0 saturated carbocycles. The van der Waals surface area contributed by atoms with E-state index in [4.69, 9.17) is 5.73 Å². The molecule has 1 amide bonds. The number of nitrogen functional groups attached to an aromatic ring is 1. The first-order chi connectivity index (χ1) is 8.41. The summed E-state index contributed by atoms with van der Waals surface area (Å²) in [6, 6.07) is 4.86. The molecule has 1 saturated heterocycles. The van der Waals surface area contributed by atoms with Gasteiger partial charge in [0, 0.05) is 18.7 Å². The Morgan fingerprint density at radius 2 is 2.17 bits per heavy atom. The van der Waals surface area contributed by atoms with Gasteiger partial charge in [0.1, 0.15) is 0 Å². The molecule has 1 aromatic carbocycles. The summed E-state index contributed by atoms with van der Waals surface area (Å²) in [4.78, 5) is 13.4. The van der Waals surface area contributed by atoms with Crippen LogP contribution in [0.2, 0.25) is 0 Å². The lowest BCUT2D eigenvalue weighted by atomic mass is 10.1. The molecule has 2 rings (SSSR count). The van der Waals surface area contributed by atoms with Crippen molar-refractivity contribution in [2.75, 3.05) is 18.8 Å². The van der Waals surface area contributed by atoms with Crippen LogP contribution in [0, 0.1) is 0 Å². The zero-order valence-corrected chi connectivity index (χ0v) is 11.2. The molecule has 0 radical (unpaired) electrons. The smallest absolute Gasteiger partial charge is 0.265 e. The average Bonchev–Trinajstić information content (AvgIpc) is 2.30. The fourth-order valence-corrected chi connectivity index (χ4v) is 2.46. The number of rotatable bonds is 1. The standard InChI is InChI=1S/C12H13BrF2N2O/c13-10-8(3-1-4-9(10)16)11(18)17-6-2-5-12(14,15)7-17/h1,3-4H,2,5-7,16H2. The lowest BCUT2D eigenvalue weighted by Gasteiger charge is -2.32. The van der Waals surface area contributed by atoms with Gasteiger partial charge in [-0.25, -0.2) is 8.78 Å². The van der Waals surface area contributed by atoms with Crippen molar-refractivity contribution in [1.29, 1.82) is 0 Å². The number of benzene rings is 1. The maximum Gasteiger partial charge on any atom is 0.265 e. The van der Waals surface area contributed by atoms with Gasteiger partial charge in [0.25, 0.3) is 11.8 Å². The zero-order chi connectivity index (χ0) is 13.3. The lowest BCUT2D eigenvalue weighted by molar-refractivity contribution is -0.0560. The van der Waals surface area contributed by atoms with Crippen molar-refractivity contribution >= 4 is 27.5 Å². The second kappa shape index (κ2) is 4.84. The Labute approximate surface area is 112 Å². The minimum atomic E-state index is -2.79. The third-order valence-electron chi connectivity index (χ3n) is 2.94. The Balaban J connectivity index is 2.23. The number of carbonyl (C=O) groups excluding carboxylic acids is 1. The second-order valence-electron chi connectivity index (χ2n) is 4.39. The Kier molecular flexibility index (Phi) is 3.56. The first-order valence-corrected chi connectivity index (χ1v) is 6.41. The molecule has 0 atom stereocenters. The number of amides is 1. The molecule has 3 nitrogen and oxygen atoms in total. The normalized spacial score (nSPS) is 18.7. The average molecular weight is 319 g/mol. The number of halogens is 3. The van der Waals surface area contributed by atoms with Crippen molar-refractivity contribution in [2.24, 2.45) is 0 Å². The van der Waals surface area contributed by atoms with E-state index in [1.54, 1.807) is 18.2 Å². The van der Waals surface area contributed by atoms with Gasteiger partial charge in [0.2, 0.25) is 0 Å². The summed E-state index contributed by atoms with van der Waals surface area (Å²) >= 11 is 3.22. The minimum absolute atomic E-state index is 0.158. The highest BCUT2D eigenvalue weighted by Crippen LogP contribution is 2.30. The van der Waals surface area contributed by atoms with Gasteiger partial charge in [-0.15, -0.1) is 0 Å². The molecule has 0 spiro atoms. The summed E-state index contributed by atoms with van der Waals surface area (Å²) in [5.41, 5.74) is 6.42. The zero-order valence-electron chi connectivity index (χ0n) is 9.63. The largest absolute Gasteiger partial charge is 0.398 e. The molecule has 2 N–H and O–H groups in total. The van der Waals surface area contributed by atoms with Crippen LogP contribution in [0.4, 0.5) is 14.5 Å². The summed E-state index contributed by atoms with van der Waals surface area (Å²) in [7, 11) is 0. The second-order valence-corrected chi connectivity index (χ2v) is 5.19. The molecule has 0 aromatic heterocycles. The molecule has 1 aromatic rings. The van der Waals surface area contributed by atoms with Gasteiger partial charge in [0.05, 0.1) is 16.6 Å². The molecular weight excluding hydrogens is 306 g/mol. The van der Waals surface area contributed by atoms with Crippen LogP contribution in [-0.4, -0.2) is 29.8 Å². The van der Waals surface area contributed by atoms with Crippen molar-refractivity contribution in [3.63, 3.8) is 0 Å². The number of likely N-dealkylation sites (tertiary alicyclic amines) is 1. The van der Waals surface area contributed by atoms with E-state index in [-0.39, 0.29) is 6.42 Å². The molecule has 6 heteroatoms. The van der Waals surface area contributed by atoms with E-state index in [2.05, 4.69) is 15.9 Å². The Bertz CT molecular complexity index is 479. The minimum Gasteiger partial charge on any atom is -0.398 e. The molecular formula is C12H13BrF2N2O. The highest BCUT2D eigenvalue weighted by Gasteiger charge is 2.37. The highest BCUT2D eigenvalue weighted by molar-refractivity contribution is 9.10. The first-order valence-electron chi connectivity index (χ1n) is 5.62. The van der Waals surface area contributed by atoms with Crippen LogP contribution < -0.4 is 5.73 Å². The molecule has 98 valence electrons. The van der Waals surface area contributed by atoms with E-state index in [9.17, 15) is 13.6 Å². The van der Waals surface area contributed by atoms with Crippen molar-refractivity contribution in [2.45, 2.75) is 18.8 Å². The van der Waals surface area contributed by atoms with E-state index in [0.29, 0.717) is 28.7 Å². The topological polar surface area (TPSA) is 46.3 Å². The third-order valence-corrected chi connectivity index (χ3v) is 3.82. The Morgan fingerprint density at radius 3 is 2.83 bits per heavy atom. The number of carbonyl (C=O) groups is 1. The first kappa shape index (κ1) is 13.3. The van der Waals surface area contributed by atoms with Gasteiger partial charge >= 0.3 is 0 Å². The third kappa shape index (κ3) is 2.63. The highest BCUT2D eigenvalue weighted by atomic mass is 79.9. The fourth-order valence-electron chi connectivity index (χ4n) is 2.02. The van der Waals surface area contributed by atoms with E-state index in [1.807, 2.05) is 0 Å². The summed E-state index contributed by atoms with van der Waals surface area (Å²) in [6.07, 6.45) is 0.160. The van der Waals surface area contributed by atoms with Gasteiger partial charge < -0.3 is 10.6 Å². The van der Waals surface area contributed by atoms with Crippen LogP contribution in [0.25, 0.3) is 0 Å². The number of alkyl halides is 2. The summed E-state index contributed by atoms with van der Waals surface area (Å²) in [5, 5.41) is 0. The van der Waals surface area contributed by atoms with Crippen LogP contribution in [0.3, 0.4) is 0 Å². The van der Waals surface area contributed by atoms with Gasteiger partial charge in [-0.05, 0) is 34.5 Å². The number of hydrogen-bond donors (Lipinski definition) is 1. The van der Waals surface area contributed by atoms with E-state index in [1.165, 1.54) is 4.90 Å². The van der Waals surface area contributed by atoms with E-state index >= 15 is 0 Å². The van der Waals surface area contributed by atoms with Gasteiger partial charge in [-0.3, -0.25) is 4.79 Å². The summed E-state index contributed by atoms with van der Waals surface area (Å²) in [6.45, 7) is -0.164. The quantitative estimate of drug-likeness (QED) is 0.809. The molecule has 1 heterocycles. The molecule has 0 unspecified atom stereocenters. The molecule has 1 aliphatic heterocycles. The molecule has 0 bridgehead atoms. The number of nitrogens with two attached hydrogens (primary N) is 1. The summed E-state index contributed by atoms with van der Waals surface area (Å²) in [5.74, 6) is -3.20. The van der Waals surface area contributed by atoms with Crippen molar-refractivity contribution in [3.05, 3.63) is 28.2 Å². The van der Waals surface area contributed by atoms with Gasteiger partial charge in [-0.2, -0.15) is 0 Å². The van der Waals surface area contributed by atoms with Crippen molar-refractivity contribution < 1.29 is 13.6 Å². The molecule has 1 aliphatic rings. The molecule has 1 fully saturated rings. The predicted molar refractivity (Wildman–Crippen MR) is 68.6 cm³/mol. The maximum atomic E-state index is 13.3. The fraction of sp³-hybridized carbons (Fsp3) is 0.417. The Hall–Kier alpha value is -1.17. The number of hydrogen-bond acceptors (Lipinski definition) is 2. The maximum absolute atomic E-state index is 13.3. The van der Waals surface area contributed by atoms with E-state index < -0.39 is 18.4 Å². The van der Waals surface area contributed by atoms with Crippen molar-refractivity contribution in [3.8, 4) is 0 Å².